The van der Waals surface area contributed by atoms with Gasteiger partial charge in [-0.25, -0.2) is 4.79 Å². The molecule has 0 aliphatic heterocycles. The van der Waals surface area contributed by atoms with Crippen molar-refractivity contribution in [3.05, 3.63) is 48.6 Å². The number of carbonyl (C=O) groups is 4. The molecule has 0 radical (unpaired) electrons. The molecule has 0 aliphatic carbocycles. The van der Waals surface area contributed by atoms with Crippen LogP contribution in [0.1, 0.15) is 226 Å². The average Bonchev–Trinajstić information content (AvgIpc) is 3.23. The number of carbonyl (C=O) groups excluding carboxylic acids is 3. The first-order chi connectivity index (χ1) is 29.3. The zero-order valence-electron chi connectivity index (χ0n) is 38.5. The van der Waals surface area contributed by atoms with Crippen LogP contribution < -0.4 is 10.6 Å². The lowest BCUT2D eigenvalue weighted by atomic mass is 10.0. The Morgan fingerprint density at radius 3 is 1.50 bits per heavy atom. The van der Waals surface area contributed by atoms with Gasteiger partial charge in [0.2, 0.25) is 11.8 Å². The summed E-state index contributed by atoms with van der Waals surface area (Å²) in [6, 6.07) is -1.39. The normalized spacial score (nSPS) is 12.8. The number of aliphatic carboxylic acids is 1. The van der Waals surface area contributed by atoms with Crippen molar-refractivity contribution in [3.8, 4) is 0 Å². The van der Waals surface area contributed by atoms with Crippen LogP contribution in [0.2, 0.25) is 0 Å². The van der Waals surface area contributed by atoms with Crippen LogP contribution in [0, 0.1) is 0 Å². The summed E-state index contributed by atoms with van der Waals surface area (Å²) in [7, 11) is 0. The van der Waals surface area contributed by atoms with Gasteiger partial charge in [0.25, 0.3) is 0 Å². The Hall–Kier alpha value is -3.20. The third-order valence-electron chi connectivity index (χ3n) is 10.8. The maximum absolute atomic E-state index is 12.8. The van der Waals surface area contributed by atoms with E-state index >= 15 is 0 Å². The highest BCUT2D eigenvalue weighted by molar-refractivity contribution is 5.87. The van der Waals surface area contributed by atoms with Gasteiger partial charge in [-0.05, 0) is 83.1 Å². The third kappa shape index (κ3) is 41.5. The molecule has 0 aliphatic rings. The summed E-state index contributed by atoms with van der Waals surface area (Å²) in [5.41, 5.74) is 0. The Labute approximate surface area is 367 Å². The number of carboxylic acid groups (broad SMARTS) is 1. The second kappa shape index (κ2) is 45.3. The van der Waals surface area contributed by atoms with Crippen molar-refractivity contribution in [2.75, 3.05) is 13.2 Å². The topological polar surface area (TPSA) is 142 Å². The minimum Gasteiger partial charge on any atom is -0.480 e. The molecule has 2 atom stereocenters. The van der Waals surface area contributed by atoms with Gasteiger partial charge in [0.05, 0.1) is 13.2 Å². The molecule has 60 heavy (non-hydrogen) atoms. The van der Waals surface area contributed by atoms with Crippen molar-refractivity contribution < 1.29 is 34.1 Å². The number of carboxylic acids is 1. The SMILES string of the molecule is CCCCC/C=C\C/C=C\C/C=C\C(CCCCCCCC(=O)NCC(=O)NC(CO)C(=O)O)OC(=O)CCCCCCCCCCC/C=C\CCCCCCCCCC. The van der Waals surface area contributed by atoms with Gasteiger partial charge in [0.15, 0.2) is 0 Å². The first-order valence-electron chi connectivity index (χ1n) is 24.5. The van der Waals surface area contributed by atoms with Gasteiger partial charge >= 0.3 is 11.9 Å². The van der Waals surface area contributed by atoms with Crippen molar-refractivity contribution in [1.82, 2.24) is 10.6 Å². The lowest BCUT2D eigenvalue weighted by Crippen LogP contribution is -2.47. The van der Waals surface area contributed by atoms with E-state index in [2.05, 4.69) is 67.0 Å². The summed E-state index contributed by atoms with van der Waals surface area (Å²) < 4.78 is 5.94. The van der Waals surface area contributed by atoms with Crippen molar-refractivity contribution in [3.63, 3.8) is 0 Å². The molecule has 9 heteroatoms. The summed E-state index contributed by atoms with van der Waals surface area (Å²) in [6.45, 7) is 3.45. The quantitative estimate of drug-likeness (QED) is 0.0272. The van der Waals surface area contributed by atoms with E-state index in [1.807, 2.05) is 6.08 Å². The maximum atomic E-state index is 12.8. The molecule has 0 aromatic carbocycles. The predicted octanol–water partition coefficient (Wildman–Crippen LogP) is 12.7. The Bertz CT molecular complexity index is 1150. The maximum Gasteiger partial charge on any atom is 0.328 e. The van der Waals surface area contributed by atoms with Crippen LogP contribution in [-0.2, 0) is 23.9 Å². The highest BCUT2D eigenvalue weighted by Gasteiger charge is 2.18. The van der Waals surface area contributed by atoms with Crippen molar-refractivity contribution in [1.29, 1.82) is 0 Å². The molecule has 0 saturated heterocycles. The molecule has 0 aromatic heterocycles. The number of ether oxygens (including phenoxy) is 1. The second-order valence-corrected chi connectivity index (χ2v) is 16.5. The third-order valence-corrected chi connectivity index (χ3v) is 10.8. The minimum atomic E-state index is -1.39. The number of nitrogens with one attached hydrogen (secondary N) is 2. The van der Waals surface area contributed by atoms with E-state index < -0.39 is 24.5 Å². The summed E-state index contributed by atoms with van der Waals surface area (Å²) >= 11 is 0. The van der Waals surface area contributed by atoms with Crippen LogP contribution in [0.5, 0.6) is 0 Å². The van der Waals surface area contributed by atoms with E-state index in [0.717, 1.165) is 64.2 Å². The van der Waals surface area contributed by atoms with Gasteiger partial charge in [-0.3, -0.25) is 14.4 Å². The van der Waals surface area contributed by atoms with Gasteiger partial charge in [0.1, 0.15) is 12.1 Å². The standard InChI is InChI=1S/C51H90N2O7/c1-3-5-7-9-11-13-15-16-17-18-19-20-21-22-23-24-26-28-30-35-39-43-50(57)60-46(40-36-32-29-27-25-14-12-10-8-6-4-2)41-37-33-31-34-38-42-48(55)52-44-49(56)53-47(45-54)51(58)59/h12,14,18-19,27,29,36,40,46-47,54H,3-11,13,15-17,20-26,28,30-35,37-39,41-45H2,1-2H3,(H,52,55)(H,53,56)(H,58,59)/b14-12-,19-18-,29-27-,40-36-. The number of esters is 1. The Morgan fingerprint density at radius 2 is 0.950 bits per heavy atom. The highest BCUT2D eigenvalue weighted by atomic mass is 16.5. The lowest BCUT2D eigenvalue weighted by molar-refractivity contribution is -0.147. The molecular weight excluding hydrogens is 753 g/mol. The Balaban J connectivity index is 4.28. The van der Waals surface area contributed by atoms with Crippen LogP contribution in [0.4, 0.5) is 0 Å². The summed E-state index contributed by atoms with van der Waals surface area (Å²) in [5.74, 6) is -2.39. The molecule has 0 saturated carbocycles. The first kappa shape index (κ1) is 56.8. The van der Waals surface area contributed by atoms with E-state index in [1.165, 1.54) is 128 Å². The molecule has 0 aromatic rings. The molecule has 9 nitrogen and oxygen atoms in total. The second-order valence-electron chi connectivity index (χ2n) is 16.5. The first-order valence-corrected chi connectivity index (χ1v) is 24.5. The number of unbranched alkanes of at least 4 members (excludes halogenated alkanes) is 24. The van der Waals surface area contributed by atoms with Gasteiger partial charge in [-0.2, -0.15) is 0 Å². The zero-order valence-corrected chi connectivity index (χ0v) is 38.5. The van der Waals surface area contributed by atoms with Gasteiger partial charge in [-0.1, -0.05) is 178 Å². The number of hydrogen-bond acceptors (Lipinski definition) is 6. The predicted molar refractivity (Wildman–Crippen MR) is 250 cm³/mol. The average molecular weight is 843 g/mol. The number of amides is 2. The molecule has 2 amide bonds. The number of aliphatic hydroxyl groups excluding tert-OH is 1. The van der Waals surface area contributed by atoms with Crippen LogP contribution in [0.25, 0.3) is 0 Å². The molecule has 0 heterocycles. The molecule has 0 spiro atoms. The summed E-state index contributed by atoms with van der Waals surface area (Å²) in [6.07, 6.45) is 54.5. The molecule has 2 unspecified atom stereocenters. The molecule has 0 bridgehead atoms. The van der Waals surface area contributed by atoms with Gasteiger partial charge in [-0.15, -0.1) is 0 Å². The fourth-order valence-electron chi connectivity index (χ4n) is 6.99. The zero-order chi connectivity index (χ0) is 44.0. The highest BCUT2D eigenvalue weighted by Crippen LogP contribution is 2.16. The monoisotopic (exact) mass is 843 g/mol. The Kier molecular flexibility index (Phi) is 42.9. The minimum absolute atomic E-state index is 0.116. The lowest BCUT2D eigenvalue weighted by Gasteiger charge is -2.15. The van der Waals surface area contributed by atoms with Crippen molar-refractivity contribution in [2.45, 2.75) is 238 Å². The molecule has 0 fully saturated rings. The Morgan fingerprint density at radius 1 is 0.517 bits per heavy atom. The van der Waals surface area contributed by atoms with Gasteiger partial charge < -0.3 is 25.6 Å². The van der Waals surface area contributed by atoms with Crippen LogP contribution in [0.15, 0.2) is 48.6 Å². The number of rotatable bonds is 44. The van der Waals surface area contributed by atoms with Crippen molar-refractivity contribution >= 4 is 23.8 Å². The van der Waals surface area contributed by atoms with E-state index in [1.54, 1.807) is 0 Å². The van der Waals surface area contributed by atoms with E-state index in [0.29, 0.717) is 12.8 Å². The fourth-order valence-corrected chi connectivity index (χ4v) is 6.99. The largest absolute Gasteiger partial charge is 0.480 e. The molecule has 346 valence electrons. The number of hydrogen-bond donors (Lipinski definition) is 4. The fraction of sp³-hybridized carbons (Fsp3) is 0.765. The van der Waals surface area contributed by atoms with E-state index in [-0.39, 0.29) is 30.9 Å². The van der Waals surface area contributed by atoms with Crippen molar-refractivity contribution in [2.24, 2.45) is 0 Å². The molecule has 0 rings (SSSR count). The molecule has 4 N–H and O–H groups in total. The van der Waals surface area contributed by atoms with Gasteiger partial charge in [0, 0.05) is 12.8 Å². The van der Waals surface area contributed by atoms with Crippen LogP contribution in [-0.4, -0.2) is 59.3 Å². The summed E-state index contributed by atoms with van der Waals surface area (Å²) in [4.78, 5) is 47.6. The van der Waals surface area contributed by atoms with E-state index in [9.17, 15) is 19.2 Å². The number of allylic oxidation sites excluding steroid dienone is 7. The van der Waals surface area contributed by atoms with E-state index in [4.69, 9.17) is 14.9 Å². The van der Waals surface area contributed by atoms with Crippen LogP contribution >= 0.6 is 0 Å². The number of aliphatic hydroxyl groups is 1. The summed E-state index contributed by atoms with van der Waals surface area (Å²) in [5, 5.41) is 22.6. The molecular formula is C51H90N2O7. The smallest absolute Gasteiger partial charge is 0.328 e. The van der Waals surface area contributed by atoms with Crippen LogP contribution in [0.3, 0.4) is 0 Å².